The zero-order chi connectivity index (χ0) is 18.0. The Morgan fingerprint density at radius 2 is 1.19 bits per heavy atom. The van der Waals surface area contributed by atoms with Crippen molar-refractivity contribution in [1.29, 1.82) is 0 Å². The molecule has 1 unspecified atom stereocenters. The first-order valence-electron chi connectivity index (χ1n) is 9.65. The van der Waals surface area contributed by atoms with Gasteiger partial charge in [0.05, 0.1) is 0 Å². The third-order valence-electron chi connectivity index (χ3n) is 4.28. The number of rotatable bonds is 17. The van der Waals surface area contributed by atoms with Crippen molar-refractivity contribution in [3.63, 3.8) is 0 Å². The Morgan fingerprint density at radius 3 is 1.58 bits per heavy atom. The molecular weight excluding hydrogens is 350 g/mol. The predicted molar refractivity (Wildman–Crippen MR) is 93.0 cm³/mol. The fourth-order valence-electron chi connectivity index (χ4n) is 2.77. The van der Waals surface area contributed by atoms with E-state index >= 15 is 0 Å². The molecule has 26 heavy (non-hydrogen) atoms. The Bertz CT molecular complexity index is 360. The summed E-state index contributed by atoms with van der Waals surface area (Å²) in [7, 11) is 0. The number of hydrogen-bond donors (Lipinski definition) is 0. The van der Waals surface area contributed by atoms with Crippen LogP contribution in [-0.4, -0.2) is 11.9 Å². The third kappa shape index (κ3) is 22.7. The van der Waals surface area contributed by atoms with E-state index in [0.717, 1.165) is 19.3 Å². The average Bonchev–Trinajstić information content (AvgIpc) is 2.53. The SMILES string of the molecule is CCCCCCCCCCCCCC/C=C/C(CC(=O)[O-])C(=O)[O-].[Na+].[Na+]. The summed E-state index contributed by atoms with van der Waals surface area (Å²) >= 11 is 0. The summed E-state index contributed by atoms with van der Waals surface area (Å²) in [6.07, 6.45) is 18.9. The van der Waals surface area contributed by atoms with E-state index in [9.17, 15) is 19.8 Å². The molecule has 0 aromatic rings. The van der Waals surface area contributed by atoms with Crippen molar-refractivity contribution in [1.82, 2.24) is 0 Å². The van der Waals surface area contributed by atoms with Crippen LogP contribution in [0, 0.1) is 5.92 Å². The molecule has 0 bridgehead atoms. The van der Waals surface area contributed by atoms with Crippen LogP contribution in [-0.2, 0) is 9.59 Å². The number of unbranched alkanes of at least 4 members (excludes halogenated alkanes) is 12. The maximum atomic E-state index is 10.7. The zero-order valence-corrected chi connectivity index (χ0v) is 21.3. The van der Waals surface area contributed by atoms with Crippen LogP contribution in [0.3, 0.4) is 0 Å². The van der Waals surface area contributed by atoms with E-state index in [4.69, 9.17) is 0 Å². The third-order valence-corrected chi connectivity index (χ3v) is 4.28. The van der Waals surface area contributed by atoms with Gasteiger partial charge < -0.3 is 19.8 Å². The molecule has 0 spiro atoms. The minimum atomic E-state index is -1.36. The van der Waals surface area contributed by atoms with Crippen LogP contribution in [0.4, 0.5) is 0 Å². The van der Waals surface area contributed by atoms with Crippen LogP contribution < -0.4 is 69.3 Å². The van der Waals surface area contributed by atoms with E-state index in [1.54, 1.807) is 6.08 Å². The Kier molecular flexibility index (Phi) is 28.6. The molecule has 0 aromatic heterocycles. The summed E-state index contributed by atoms with van der Waals surface area (Å²) in [5, 5.41) is 21.2. The largest absolute Gasteiger partial charge is 1.00 e. The van der Waals surface area contributed by atoms with Crippen molar-refractivity contribution in [3.8, 4) is 0 Å². The Balaban J connectivity index is -0.00000264. The number of aliphatic carboxylic acids is 2. The average molecular weight is 384 g/mol. The second-order valence-electron chi connectivity index (χ2n) is 6.61. The van der Waals surface area contributed by atoms with Gasteiger partial charge in [-0.05, 0) is 19.3 Å². The standard InChI is InChI=1S/C20H36O4.2Na/c1-2-3-4-5-6-7-8-9-10-11-12-13-14-15-16-18(20(23)24)17-19(21)22;;/h15-16,18H,2-14,17H2,1H3,(H,21,22)(H,23,24);;/q;2*+1/p-2/b16-15+;;. The van der Waals surface area contributed by atoms with Gasteiger partial charge in [0.25, 0.3) is 0 Å². The van der Waals surface area contributed by atoms with Crippen molar-refractivity contribution in [2.75, 3.05) is 0 Å². The normalized spacial score (nSPS) is 11.6. The molecule has 0 amide bonds. The summed E-state index contributed by atoms with van der Waals surface area (Å²) < 4.78 is 0. The van der Waals surface area contributed by atoms with Gasteiger partial charge in [-0.25, -0.2) is 0 Å². The molecule has 0 saturated carbocycles. The first-order valence-corrected chi connectivity index (χ1v) is 9.65. The van der Waals surface area contributed by atoms with Crippen molar-refractivity contribution in [2.24, 2.45) is 5.92 Å². The summed E-state index contributed by atoms with van der Waals surface area (Å²) in [5.41, 5.74) is 0. The number of allylic oxidation sites excluding steroid dienone is 1. The molecule has 0 aromatic carbocycles. The van der Waals surface area contributed by atoms with Crippen molar-refractivity contribution in [3.05, 3.63) is 12.2 Å². The van der Waals surface area contributed by atoms with Gasteiger partial charge >= 0.3 is 59.1 Å². The van der Waals surface area contributed by atoms with E-state index in [1.807, 2.05) is 0 Å². The first-order chi connectivity index (χ1) is 11.6. The number of carbonyl (C=O) groups is 2. The monoisotopic (exact) mass is 384 g/mol. The van der Waals surface area contributed by atoms with Crippen LogP contribution in [0.1, 0.15) is 96.8 Å². The van der Waals surface area contributed by atoms with E-state index in [-0.39, 0.29) is 59.1 Å². The van der Waals surface area contributed by atoms with Crippen LogP contribution in [0.15, 0.2) is 12.2 Å². The Labute approximate surface area is 204 Å². The number of hydrogen-bond acceptors (Lipinski definition) is 4. The first kappa shape index (κ1) is 31.4. The van der Waals surface area contributed by atoms with Crippen molar-refractivity contribution in [2.45, 2.75) is 96.8 Å². The molecule has 0 rings (SSSR count). The predicted octanol–water partition coefficient (Wildman–Crippen LogP) is -2.85. The summed E-state index contributed by atoms with van der Waals surface area (Å²) in [6, 6.07) is 0. The topological polar surface area (TPSA) is 80.3 Å². The Hall–Kier alpha value is 0.680. The smallest absolute Gasteiger partial charge is 0.550 e. The molecule has 0 aliphatic rings. The van der Waals surface area contributed by atoms with Crippen molar-refractivity contribution < 1.29 is 78.9 Å². The quantitative estimate of drug-likeness (QED) is 0.154. The van der Waals surface area contributed by atoms with Gasteiger partial charge in [0.1, 0.15) is 0 Å². The van der Waals surface area contributed by atoms with Gasteiger partial charge in [0.15, 0.2) is 0 Å². The van der Waals surface area contributed by atoms with Gasteiger partial charge in [-0.3, -0.25) is 0 Å². The molecule has 0 saturated heterocycles. The van der Waals surface area contributed by atoms with Crippen LogP contribution >= 0.6 is 0 Å². The minimum absolute atomic E-state index is 0. The van der Waals surface area contributed by atoms with E-state index in [2.05, 4.69) is 6.92 Å². The van der Waals surface area contributed by atoms with Crippen molar-refractivity contribution >= 4 is 11.9 Å². The maximum Gasteiger partial charge on any atom is 1.00 e. The second-order valence-corrected chi connectivity index (χ2v) is 6.61. The molecule has 1 atom stereocenters. The fraction of sp³-hybridized carbons (Fsp3) is 0.800. The minimum Gasteiger partial charge on any atom is -0.550 e. The molecule has 0 fully saturated rings. The molecule has 0 aliphatic heterocycles. The molecular formula is C20H34Na2O4. The second kappa shape index (κ2) is 23.7. The van der Waals surface area contributed by atoms with Gasteiger partial charge in [-0.1, -0.05) is 89.7 Å². The molecule has 0 aliphatic carbocycles. The summed E-state index contributed by atoms with van der Waals surface area (Å²) in [5.74, 6) is -3.79. The van der Waals surface area contributed by atoms with Crippen LogP contribution in [0.2, 0.25) is 0 Å². The van der Waals surface area contributed by atoms with Gasteiger partial charge in [-0.15, -0.1) is 0 Å². The van der Waals surface area contributed by atoms with E-state index in [0.29, 0.717) is 0 Å². The molecule has 0 heterocycles. The molecule has 6 heteroatoms. The van der Waals surface area contributed by atoms with Gasteiger partial charge in [-0.2, -0.15) is 0 Å². The van der Waals surface area contributed by atoms with Gasteiger partial charge in [0.2, 0.25) is 0 Å². The zero-order valence-electron chi connectivity index (χ0n) is 17.3. The number of carboxylic acids is 2. The van der Waals surface area contributed by atoms with Crippen LogP contribution in [0.25, 0.3) is 0 Å². The molecule has 0 radical (unpaired) electrons. The number of carbonyl (C=O) groups excluding carboxylic acids is 2. The Morgan fingerprint density at radius 1 is 0.769 bits per heavy atom. The maximum absolute atomic E-state index is 10.7. The van der Waals surface area contributed by atoms with Crippen LogP contribution in [0.5, 0.6) is 0 Å². The van der Waals surface area contributed by atoms with E-state index in [1.165, 1.54) is 70.3 Å². The number of carboxylic acid groups (broad SMARTS) is 2. The molecule has 140 valence electrons. The van der Waals surface area contributed by atoms with E-state index < -0.39 is 24.3 Å². The van der Waals surface area contributed by atoms with Gasteiger partial charge in [0, 0.05) is 17.9 Å². The molecule has 0 N–H and O–H groups in total. The summed E-state index contributed by atoms with van der Waals surface area (Å²) in [6.45, 7) is 2.24. The summed E-state index contributed by atoms with van der Waals surface area (Å²) in [4.78, 5) is 21.2. The fourth-order valence-corrected chi connectivity index (χ4v) is 2.77. The molecule has 4 nitrogen and oxygen atoms in total.